The summed E-state index contributed by atoms with van der Waals surface area (Å²) in [4.78, 5) is 4.49. The summed E-state index contributed by atoms with van der Waals surface area (Å²) in [7, 11) is 1.90. The highest BCUT2D eigenvalue weighted by molar-refractivity contribution is 5.60. The van der Waals surface area contributed by atoms with Gasteiger partial charge in [-0.3, -0.25) is 9.67 Å². The van der Waals surface area contributed by atoms with Crippen molar-refractivity contribution < 1.29 is 9.26 Å². The third-order valence-electron chi connectivity index (χ3n) is 3.85. The SMILES string of the molecule is CCc1nc(C)ccc1OCc1cc(-c2cnn(C)c2C)no1. The minimum Gasteiger partial charge on any atom is -0.484 e. The molecule has 0 spiro atoms. The van der Waals surface area contributed by atoms with E-state index < -0.39 is 0 Å². The molecule has 0 saturated carbocycles. The molecule has 0 unspecified atom stereocenters. The van der Waals surface area contributed by atoms with Gasteiger partial charge < -0.3 is 9.26 Å². The Morgan fingerprint density at radius 2 is 2.09 bits per heavy atom. The first kappa shape index (κ1) is 15.3. The number of ether oxygens (including phenoxy) is 1. The number of pyridine rings is 1. The van der Waals surface area contributed by atoms with Crippen LogP contribution < -0.4 is 4.74 Å². The zero-order valence-corrected chi connectivity index (χ0v) is 13.8. The van der Waals surface area contributed by atoms with E-state index in [1.807, 2.05) is 43.8 Å². The Hall–Kier alpha value is -2.63. The van der Waals surface area contributed by atoms with E-state index in [0.29, 0.717) is 12.4 Å². The van der Waals surface area contributed by atoms with E-state index >= 15 is 0 Å². The minimum atomic E-state index is 0.323. The Morgan fingerprint density at radius 1 is 1.26 bits per heavy atom. The van der Waals surface area contributed by atoms with Crippen LogP contribution in [0.2, 0.25) is 0 Å². The fraction of sp³-hybridized carbons (Fsp3) is 0.353. The van der Waals surface area contributed by atoms with E-state index in [4.69, 9.17) is 9.26 Å². The predicted molar refractivity (Wildman–Crippen MR) is 86.1 cm³/mol. The second-order valence-corrected chi connectivity index (χ2v) is 5.49. The summed E-state index contributed by atoms with van der Waals surface area (Å²) in [6.45, 7) is 6.36. The number of aryl methyl sites for hydroxylation is 3. The molecule has 0 aliphatic carbocycles. The van der Waals surface area contributed by atoms with Crippen molar-refractivity contribution in [3.05, 3.63) is 47.2 Å². The molecule has 0 radical (unpaired) electrons. The molecule has 0 aromatic carbocycles. The summed E-state index contributed by atoms with van der Waals surface area (Å²) in [5, 5.41) is 8.33. The van der Waals surface area contributed by atoms with Gasteiger partial charge in [-0.05, 0) is 32.4 Å². The summed E-state index contributed by atoms with van der Waals surface area (Å²) in [5.41, 5.74) is 4.72. The van der Waals surface area contributed by atoms with Gasteiger partial charge in [0.25, 0.3) is 0 Å². The van der Waals surface area contributed by atoms with Crippen LogP contribution in [0.1, 0.15) is 29.8 Å². The van der Waals surface area contributed by atoms with E-state index in [-0.39, 0.29) is 0 Å². The summed E-state index contributed by atoms with van der Waals surface area (Å²) < 4.78 is 13.0. The smallest absolute Gasteiger partial charge is 0.174 e. The molecule has 0 amide bonds. The second-order valence-electron chi connectivity index (χ2n) is 5.49. The minimum absolute atomic E-state index is 0.323. The van der Waals surface area contributed by atoms with Gasteiger partial charge in [0.1, 0.15) is 18.1 Å². The number of hydrogen-bond donors (Lipinski definition) is 0. The Kier molecular flexibility index (Phi) is 4.14. The van der Waals surface area contributed by atoms with Gasteiger partial charge in [-0.1, -0.05) is 12.1 Å². The molecule has 0 atom stereocenters. The molecule has 23 heavy (non-hydrogen) atoms. The van der Waals surface area contributed by atoms with E-state index in [9.17, 15) is 0 Å². The van der Waals surface area contributed by atoms with Crippen LogP contribution in [0.15, 0.2) is 28.9 Å². The maximum absolute atomic E-state index is 5.84. The van der Waals surface area contributed by atoms with Gasteiger partial charge in [-0.2, -0.15) is 5.10 Å². The average Bonchev–Trinajstić information content (AvgIpc) is 3.14. The molecule has 3 rings (SSSR count). The lowest BCUT2D eigenvalue weighted by Crippen LogP contribution is -2.00. The molecule has 3 heterocycles. The molecule has 3 aromatic heterocycles. The Labute approximate surface area is 135 Å². The third kappa shape index (κ3) is 3.11. The van der Waals surface area contributed by atoms with Crippen LogP contribution in [-0.4, -0.2) is 19.9 Å². The fourth-order valence-corrected chi connectivity index (χ4v) is 2.39. The molecule has 0 N–H and O–H groups in total. The van der Waals surface area contributed by atoms with Crippen molar-refractivity contribution in [2.45, 2.75) is 33.8 Å². The lowest BCUT2D eigenvalue weighted by molar-refractivity contribution is 0.247. The largest absolute Gasteiger partial charge is 0.484 e. The van der Waals surface area contributed by atoms with Gasteiger partial charge in [-0.15, -0.1) is 0 Å². The molecule has 120 valence electrons. The maximum atomic E-state index is 5.84. The molecule has 0 saturated heterocycles. The van der Waals surface area contributed by atoms with Gasteiger partial charge in [0.2, 0.25) is 0 Å². The van der Waals surface area contributed by atoms with Crippen LogP contribution in [0.5, 0.6) is 5.75 Å². The van der Waals surface area contributed by atoms with Gasteiger partial charge in [-0.25, -0.2) is 0 Å². The fourth-order valence-electron chi connectivity index (χ4n) is 2.39. The highest BCUT2D eigenvalue weighted by Gasteiger charge is 2.13. The standard InChI is InChI=1S/C17H20N4O2/c1-5-15-17(7-6-11(2)19-15)22-10-13-8-16(20-23-13)14-9-18-21(4)12(14)3/h6-9H,5,10H2,1-4H3. The quantitative estimate of drug-likeness (QED) is 0.723. The molecule has 6 heteroatoms. The Morgan fingerprint density at radius 3 is 2.78 bits per heavy atom. The Balaban J connectivity index is 1.74. The normalized spacial score (nSPS) is 11.0. The lowest BCUT2D eigenvalue weighted by atomic mass is 10.2. The summed E-state index contributed by atoms with van der Waals surface area (Å²) in [6.07, 6.45) is 2.62. The zero-order valence-electron chi connectivity index (χ0n) is 13.8. The van der Waals surface area contributed by atoms with Crippen molar-refractivity contribution in [3.63, 3.8) is 0 Å². The van der Waals surface area contributed by atoms with Crippen molar-refractivity contribution in [1.82, 2.24) is 19.9 Å². The molecular weight excluding hydrogens is 292 g/mol. The lowest BCUT2D eigenvalue weighted by Gasteiger charge is -2.08. The number of rotatable bonds is 5. The van der Waals surface area contributed by atoms with E-state index in [2.05, 4.69) is 22.2 Å². The second kappa shape index (κ2) is 6.24. The highest BCUT2D eigenvalue weighted by atomic mass is 16.5. The van der Waals surface area contributed by atoms with Crippen LogP contribution >= 0.6 is 0 Å². The summed E-state index contributed by atoms with van der Waals surface area (Å²) in [6, 6.07) is 5.78. The molecule has 0 fully saturated rings. The van der Waals surface area contributed by atoms with Gasteiger partial charge in [0.05, 0.1) is 11.9 Å². The number of hydrogen-bond acceptors (Lipinski definition) is 5. The van der Waals surface area contributed by atoms with Crippen molar-refractivity contribution >= 4 is 0 Å². The van der Waals surface area contributed by atoms with Crippen LogP contribution in [0.25, 0.3) is 11.3 Å². The topological polar surface area (TPSA) is 66.0 Å². The van der Waals surface area contributed by atoms with E-state index in [1.165, 1.54) is 0 Å². The number of nitrogens with zero attached hydrogens (tertiary/aromatic N) is 4. The molecule has 0 aliphatic rings. The predicted octanol–water partition coefficient (Wildman–Crippen LogP) is 3.23. The monoisotopic (exact) mass is 312 g/mol. The van der Waals surface area contributed by atoms with Crippen molar-refractivity contribution in [1.29, 1.82) is 0 Å². The molecule has 6 nitrogen and oxygen atoms in total. The average molecular weight is 312 g/mol. The van der Waals surface area contributed by atoms with Gasteiger partial charge >= 0.3 is 0 Å². The molecule has 0 bridgehead atoms. The van der Waals surface area contributed by atoms with Crippen molar-refractivity contribution in [3.8, 4) is 17.0 Å². The highest BCUT2D eigenvalue weighted by Crippen LogP contribution is 2.24. The Bertz CT molecular complexity index is 820. The summed E-state index contributed by atoms with van der Waals surface area (Å²) in [5.74, 6) is 1.46. The van der Waals surface area contributed by atoms with Crippen LogP contribution in [-0.2, 0) is 20.1 Å². The van der Waals surface area contributed by atoms with E-state index in [1.54, 1.807) is 6.20 Å². The molecular formula is C17H20N4O2. The van der Waals surface area contributed by atoms with Gasteiger partial charge in [0.15, 0.2) is 5.76 Å². The van der Waals surface area contributed by atoms with Gasteiger partial charge in [0, 0.05) is 30.1 Å². The third-order valence-corrected chi connectivity index (χ3v) is 3.85. The summed E-state index contributed by atoms with van der Waals surface area (Å²) >= 11 is 0. The first-order valence-electron chi connectivity index (χ1n) is 7.62. The molecule has 0 aliphatic heterocycles. The van der Waals surface area contributed by atoms with Crippen molar-refractivity contribution in [2.75, 3.05) is 0 Å². The molecule has 3 aromatic rings. The first-order valence-corrected chi connectivity index (χ1v) is 7.62. The van der Waals surface area contributed by atoms with Crippen molar-refractivity contribution in [2.24, 2.45) is 7.05 Å². The maximum Gasteiger partial charge on any atom is 0.174 e. The number of aromatic nitrogens is 4. The van der Waals surface area contributed by atoms with Crippen LogP contribution in [0.3, 0.4) is 0 Å². The van der Waals surface area contributed by atoms with E-state index in [0.717, 1.165) is 40.5 Å². The zero-order chi connectivity index (χ0) is 16.4. The first-order chi connectivity index (χ1) is 11.1. The van der Waals surface area contributed by atoms with Crippen LogP contribution in [0.4, 0.5) is 0 Å². The van der Waals surface area contributed by atoms with Crippen LogP contribution in [0, 0.1) is 13.8 Å².